The van der Waals surface area contributed by atoms with Crippen LogP contribution >= 0.6 is 0 Å². The first kappa shape index (κ1) is 18.8. The van der Waals surface area contributed by atoms with Crippen LogP contribution in [0.2, 0.25) is 0 Å². The van der Waals surface area contributed by atoms with Crippen molar-refractivity contribution in [2.75, 3.05) is 13.1 Å². The Kier molecular flexibility index (Phi) is 5.72. The highest BCUT2D eigenvalue weighted by molar-refractivity contribution is 5.73. The van der Waals surface area contributed by atoms with Crippen molar-refractivity contribution in [1.29, 1.82) is 0 Å². The lowest BCUT2D eigenvalue weighted by Gasteiger charge is -2.42. The smallest absolute Gasteiger partial charge is 0.219 e. The lowest BCUT2D eigenvalue weighted by atomic mass is 9.81. The van der Waals surface area contributed by atoms with Gasteiger partial charge in [0.05, 0.1) is 6.54 Å². The molecular weight excluding hydrogens is 336 g/mol. The SMILES string of the molecule is CC(=O)N1Cc2ccccc2OC2(CCC(NCC3CCCCC3)CC2)C1. The maximum Gasteiger partial charge on any atom is 0.219 e. The second-order valence-electron chi connectivity index (χ2n) is 8.95. The molecule has 0 aromatic heterocycles. The largest absolute Gasteiger partial charge is 0.485 e. The van der Waals surface area contributed by atoms with Gasteiger partial charge in [-0.3, -0.25) is 4.79 Å². The van der Waals surface area contributed by atoms with E-state index in [1.807, 2.05) is 17.0 Å². The molecule has 148 valence electrons. The number of amides is 1. The molecule has 4 nitrogen and oxygen atoms in total. The summed E-state index contributed by atoms with van der Waals surface area (Å²) in [7, 11) is 0. The number of carbonyl (C=O) groups excluding carboxylic acids is 1. The number of hydrogen-bond donors (Lipinski definition) is 1. The molecule has 1 heterocycles. The number of para-hydroxylation sites is 1. The zero-order chi connectivity index (χ0) is 18.7. The maximum atomic E-state index is 12.2. The summed E-state index contributed by atoms with van der Waals surface area (Å²) in [5, 5.41) is 3.85. The molecule has 0 unspecified atom stereocenters. The Labute approximate surface area is 163 Å². The van der Waals surface area contributed by atoms with Crippen LogP contribution in [0.3, 0.4) is 0 Å². The first-order valence-corrected chi connectivity index (χ1v) is 10.9. The zero-order valence-corrected chi connectivity index (χ0v) is 16.7. The lowest BCUT2D eigenvalue weighted by Crippen LogP contribution is -2.51. The molecular formula is C23H34N2O2. The van der Waals surface area contributed by atoms with E-state index in [4.69, 9.17) is 4.74 Å². The molecule has 0 atom stereocenters. The zero-order valence-electron chi connectivity index (χ0n) is 16.7. The summed E-state index contributed by atoms with van der Waals surface area (Å²) in [4.78, 5) is 14.2. The Balaban J connectivity index is 1.39. The van der Waals surface area contributed by atoms with Crippen molar-refractivity contribution in [2.24, 2.45) is 5.92 Å². The Bertz CT molecular complexity index is 646. The van der Waals surface area contributed by atoms with Crippen molar-refractivity contribution < 1.29 is 9.53 Å². The number of fused-ring (bicyclic) bond motifs is 1. The number of benzene rings is 1. The summed E-state index contributed by atoms with van der Waals surface area (Å²) in [6, 6.07) is 8.82. The highest BCUT2D eigenvalue weighted by atomic mass is 16.5. The minimum Gasteiger partial charge on any atom is -0.485 e. The number of rotatable bonds is 3. The van der Waals surface area contributed by atoms with E-state index >= 15 is 0 Å². The summed E-state index contributed by atoms with van der Waals surface area (Å²) in [6.45, 7) is 4.24. The van der Waals surface area contributed by atoms with Gasteiger partial charge in [-0.05, 0) is 57.1 Å². The number of ether oxygens (including phenoxy) is 1. The van der Waals surface area contributed by atoms with Gasteiger partial charge in [-0.1, -0.05) is 37.5 Å². The van der Waals surface area contributed by atoms with Crippen LogP contribution in [0.15, 0.2) is 24.3 Å². The molecule has 4 rings (SSSR count). The molecule has 4 heteroatoms. The highest BCUT2D eigenvalue weighted by Crippen LogP contribution is 2.38. The predicted octanol–water partition coefficient (Wildman–Crippen LogP) is 4.28. The monoisotopic (exact) mass is 370 g/mol. The molecule has 2 saturated carbocycles. The van der Waals surface area contributed by atoms with Crippen LogP contribution in [0.4, 0.5) is 0 Å². The van der Waals surface area contributed by atoms with E-state index in [0.717, 1.165) is 42.9 Å². The number of nitrogens with one attached hydrogen (secondary N) is 1. The van der Waals surface area contributed by atoms with Gasteiger partial charge in [-0.15, -0.1) is 0 Å². The van der Waals surface area contributed by atoms with Gasteiger partial charge in [-0.2, -0.15) is 0 Å². The van der Waals surface area contributed by atoms with Crippen molar-refractivity contribution in [3.05, 3.63) is 29.8 Å². The van der Waals surface area contributed by atoms with E-state index < -0.39 is 0 Å². The van der Waals surface area contributed by atoms with Gasteiger partial charge >= 0.3 is 0 Å². The van der Waals surface area contributed by atoms with Crippen LogP contribution in [-0.2, 0) is 11.3 Å². The predicted molar refractivity (Wildman–Crippen MR) is 108 cm³/mol. The van der Waals surface area contributed by atoms with Crippen molar-refractivity contribution in [1.82, 2.24) is 10.2 Å². The molecule has 1 N–H and O–H groups in total. The standard InChI is InChI=1S/C23H34N2O2/c1-18(26)25-16-20-9-5-6-10-22(20)27-23(17-25)13-11-21(12-14-23)24-15-19-7-3-2-4-8-19/h5-6,9-10,19,21,24H,2-4,7-8,11-17H2,1H3. The third-order valence-electron chi connectivity index (χ3n) is 6.90. The topological polar surface area (TPSA) is 41.6 Å². The van der Waals surface area contributed by atoms with Crippen LogP contribution in [0.1, 0.15) is 70.3 Å². The summed E-state index contributed by atoms with van der Waals surface area (Å²) < 4.78 is 6.59. The third kappa shape index (κ3) is 4.48. The van der Waals surface area contributed by atoms with Crippen molar-refractivity contribution in [2.45, 2.75) is 82.9 Å². The third-order valence-corrected chi connectivity index (χ3v) is 6.90. The minimum atomic E-state index is -0.221. The Morgan fingerprint density at radius 3 is 2.63 bits per heavy atom. The van der Waals surface area contributed by atoms with Crippen LogP contribution in [0.5, 0.6) is 5.75 Å². The molecule has 1 aliphatic heterocycles. The summed E-state index contributed by atoms with van der Waals surface area (Å²) in [5.74, 6) is 1.99. The maximum absolute atomic E-state index is 12.2. The Morgan fingerprint density at radius 1 is 1.15 bits per heavy atom. The average molecular weight is 371 g/mol. The van der Waals surface area contributed by atoms with Crippen LogP contribution in [-0.4, -0.2) is 35.5 Å². The van der Waals surface area contributed by atoms with Gasteiger partial charge < -0.3 is 15.0 Å². The van der Waals surface area contributed by atoms with E-state index in [2.05, 4.69) is 17.4 Å². The first-order chi connectivity index (χ1) is 13.1. The summed E-state index contributed by atoms with van der Waals surface area (Å²) >= 11 is 0. The lowest BCUT2D eigenvalue weighted by molar-refractivity contribution is -0.132. The van der Waals surface area contributed by atoms with Crippen LogP contribution in [0, 0.1) is 5.92 Å². The Morgan fingerprint density at radius 2 is 1.89 bits per heavy atom. The van der Waals surface area contributed by atoms with E-state index in [-0.39, 0.29) is 11.5 Å². The summed E-state index contributed by atoms with van der Waals surface area (Å²) in [6.07, 6.45) is 11.4. The molecule has 0 bridgehead atoms. The van der Waals surface area contributed by atoms with E-state index in [0.29, 0.717) is 19.1 Å². The van der Waals surface area contributed by atoms with Gasteiger partial charge in [0.25, 0.3) is 0 Å². The fourth-order valence-corrected chi connectivity index (χ4v) is 5.16. The quantitative estimate of drug-likeness (QED) is 0.863. The highest BCUT2D eigenvalue weighted by Gasteiger charge is 2.41. The fraction of sp³-hybridized carbons (Fsp3) is 0.696. The van der Waals surface area contributed by atoms with E-state index in [1.54, 1.807) is 6.92 Å². The Hall–Kier alpha value is -1.55. The van der Waals surface area contributed by atoms with E-state index in [1.165, 1.54) is 38.6 Å². The van der Waals surface area contributed by atoms with Crippen molar-refractivity contribution in [3.63, 3.8) is 0 Å². The van der Waals surface area contributed by atoms with Gasteiger partial charge in [0.2, 0.25) is 5.91 Å². The average Bonchev–Trinajstić information content (AvgIpc) is 2.85. The molecule has 27 heavy (non-hydrogen) atoms. The van der Waals surface area contributed by atoms with Crippen molar-refractivity contribution in [3.8, 4) is 5.75 Å². The van der Waals surface area contributed by atoms with Crippen LogP contribution < -0.4 is 10.1 Å². The number of hydrogen-bond acceptors (Lipinski definition) is 3. The minimum absolute atomic E-state index is 0.146. The second kappa shape index (κ2) is 8.22. The molecule has 1 aromatic carbocycles. The molecule has 2 aliphatic carbocycles. The normalized spacial score (nSPS) is 29.1. The van der Waals surface area contributed by atoms with Gasteiger partial charge in [0.1, 0.15) is 11.4 Å². The van der Waals surface area contributed by atoms with Crippen molar-refractivity contribution >= 4 is 5.91 Å². The van der Waals surface area contributed by atoms with Crippen LogP contribution in [0.25, 0.3) is 0 Å². The molecule has 0 radical (unpaired) electrons. The molecule has 1 spiro atoms. The first-order valence-electron chi connectivity index (χ1n) is 10.9. The second-order valence-corrected chi connectivity index (χ2v) is 8.95. The molecule has 3 aliphatic rings. The van der Waals surface area contributed by atoms with E-state index in [9.17, 15) is 4.79 Å². The molecule has 2 fully saturated rings. The number of nitrogens with zero attached hydrogens (tertiary/aromatic N) is 1. The molecule has 0 saturated heterocycles. The molecule has 1 aromatic rings. The van der Waals surface area contributed by atoms with Gasteiger partial charge in [0, 0.05) is 25.1 Å². The summed E-state index contributed by atoms with van der Waals surface area (Å²) in [5.41, 5.74) is 0.906. The fourth-order valence-electron chi connectivity index (χ4n) is 5.16. The van der Waals surface area contributed by atoms with Gasteiger partial charge in [-0.25, -0.2) is 0 Å². The number of carbonyl (C=O) groups is 1. The molecule has 1 amide bonds. The van der Waals surface area contributed by atoms with Gasteiger partial charge in [0.15, 0.2) is 0 Å².